The fourth-order valence-corrected chi connectivity index (χ4v) is 1.56. The molecule has 0 amide bonds. The third kappa shape index (κ3) is 2.94. The molecule has 1 aromatic carbocycles. The van der Waals surface area contributed by atoms with Crippen LogP contribution in [0.25, 0.3) is 0 Å². The minimum absolute atomic E-state index is 0.108. The highest BCUT2D eigenvalue weighted by molar-refractivity contribution is 5.85. The molecule has 2 rings (SSSR count). The molecule has 0 unspecified atom stereocenters. The van der Waals surface area contributed by atoms with Gasteiger partial charge in [-0.2, -0.15) is 0 Å². The van der Waals surface area contributed by atoms with Crippen LogP contribution in [0.3, 0.4) is 0 Å². The van der Waals surface area contributed by atoms with E-state index in [9.17, 15) is 4.79 Å². The van der Waals surface area contributed by atoms with Crippen LogP contribution in [0.2, 0.25) is 0 Å². The maximum absolute atomic E-state index is 10.7. The van der Waals surface area contributed by atoms with Gasteiger partial charge in [-0.15, -0.1) is 0 Å². The zero-order chi connectivity index (χ0) is 14.5. The lowest BCUT2D eigenvalue weighted by Gasteiger charge is -2.10. The van der Waals surface area contributed by atoms with E-state index in [1.807, 2.05) is 0 Å². The van der Waals surface area contributed by atoms with E-state index < -0.39 is 5.97 Å². The Labute approximate surface area is 115 Å². The van der Waals surface area contributed by atoms with Gasteiger partial charge in [0.25, 0.3) is 0 Å². The van der Waals surface area contributed by atoms with Crippen LogP contribution in [0.1, 0.15) is 10.5 Å². The SMILES string of the molecule is COc1ccc(Nc2cnc(C(=O)O)cn2)cc1OC. The maximum Gasteiger partial charge on any atom is 0.356 e. The molecule has 1 heterocycles. The summed E-state index contributed by atoms with van der Waals surface area (Å²) in [4.78, 5) is 18.4. The number of ether oxygens (including phenoxy) is 2. The topological polar surface area (TPSA) is 93.6 Å². The Bertz CT molecular complexity index is 614. The summed E-state index contributed by atoms with van der Waals surface area (Å²) >= 11 is 0. The van der Waals surface area contributed by atoms with Crippen LogP contribution >= 0.6 is 0 Å². The van der Waals surface area contributed by atoms with Gasteiger partial charge in [-0.25, -0.2) is 14.8 Å². The summed E-state index contributed by atoms with van der Waals surface area (Å²) < 4.78 is 10.3. The quantitative estimate of drug-likeness (QED) is 0.861. The molecule has 0 radical (unpaired) electrons. The van der Waals surface area contributed by atoms with Gasteiger partial charge < -0.3 is 19.9 Å². The summed E-state index contributed by atoms with van der Waals surface area (Å²) in [5.74, 6) is 0.510. The van der Waals surface area contributed by atoms with Crippen LogP contribution < -0.4 is 14.8 Å². The van der Waals surface area contributed by atoms with E-state index in [-0.39, 0.29) is 5.69 Å². The van der Waals surface area contributed by atoms with Crippen LogP contribution in [-0.2, 0) is 0 Å². The third-order valence-corrected chi connectivity index (χ3v) is 2.53. The fraction of sp³-hybridized carbons (Fsp3) is 0.154. The van der Waals surface area contributed by atoms with Gasteiger partial charge in [-0.1, -0.05) is 0 Å². The molecule has 7 nitrogen and oxygen atoms in total. The zero-order valence-electron chi connectivity index (χ0n) is 11.0. The van der Waals surface area contributed by atoms with Gasteiger partial charge >= 0.3 is 5.97 Å². The first-order valence-corrected chi connectivity index (χ1v) is 5.68. The molecule has 1 aromatic heterocycles. The molecule has 2 N–H and O–H groups in total. The van der Waals surface area contributed by atoms with E-state index in [0.29, 0.717) is 17.3 Å². The number of methoxy groups -OCH3 is 2. The van der Waals surface area contributed by atoms with Crippen molar-refractivity contribution in [2.45, 2.75) is 0 Å². The van der Waals surface area contributed by atoms with Crippen molar-refractivity contribution in [3.8, 4) is 11.5 Å². The van der Waals surface area contributed by atoms with Gasteiger partial charge in [0.15, 0.2) is 17.2 Å². The molecule has 0 saturated heterocycles. The van der Waals surface area contributed by atoms with Crippen molar-refractivity contribution in [1.29, 1.82) is 0 Å². The van der Waals surface area contributed by atoms with E-state index in [2.05, 4.69) is 15.3 Å². The zero-order valence-corrected chi connectivity index (χ0v) is 11.0. The number of anilines is 2. The summed E-state index contributed by atoms with van der Waals surface area (Å²) in [6.07, 6.45) is 2.53. The minimum atomic E-state index is -1.12. The number of hydrogen-bond donors (Lipinski definition) is 2. The summed E-state index contributed by atoms with van der Waals surface area (Å²) in [6, 6.07) is 5.28. The van der Waals surface area contributed by atoms with Gasteiger partial charge in [-0.05, 0) is 12.1 Å². The number of carbonyl (C=O) groups is 1. The largest absolute Gasteiger partial charge is 0.493 e. The third-order valence-electron chi connectivity index (χ3n) is 2.53. The van der Waals surface area contributed by atoms with Crippen LogP contribution in [0, 0.1) is 0 Å². The minimum Gasteiger partial charge on any atom is -0.493 e. The average Bonchev–Trinajstić information content (AvgIpc) is 2.47. The molecule has 2 aromatic rings. The fourth-order valence-electron chi connectivity index (χ4n) is 1.56. The molecule has 0 atom stereocenters. The molecule has 0 saturated carbocycles. The number of rotatable bonds is 5. The second-order valence-corrected chi connectivity index (χ2v) is 3.79. The smallest absolute Gasteiger partial charge is 0.356 e. The predicted octanol–water partition coefficient (Wildman–Crippen LogP) is 1.94. The first-order chi connectivity index (χ1) is 9.63. The number of aromatic nitrogens is 2. The van der Waals surface area contributed by atoms with Gasteiger partial charge in [0.2, 0.25) is 0 Å². The van der Waals surface area contributed by atoms with Crippen molar-refractivity contribution in [3.05, 3.63) is 36.3 Å². The van der Waals surface area contributed by atoms with E-state index >= 15 is 0 Å². The summed E-state index contributed by atoms with van der Waals surface area (Å²) in [6.45, 7) is 0. The van der Waals surface area contributed by atoms with Crippen LogP contribution in [-0.4, -0.2) is 35.3 Å². The van der Waals surface area contributed by atoms with E-state index in [4.69, 9.17) is 14.6 Å². The molecule has 0 bridgehead atoms. The highest BCUT2D eigenvalue weighted by Gasteiger charge is 2.07. The molecular formula is C13H13N3O4. The number of carboxylic acid groups (broad SMARTS) is 1. The van der Waals surface area contributed by atoms with Crippen molar-refractivity contribution < 1.29 is 19.4 Å². The highest BCUT2D eigenvalue weighted by Crippen LogP contribution is 2.30. The van der Waals surface area contributed by atoms with Crippen molar-refractivity contribution >= 4 is 17.5 Å². The summed E-state index contributed by atoms with van der Waals surface area (Å²) in [7, 11) is 3.10. The normalized spacial score (nSPS) is 9.90. The molecule has 0 spiro atoms. The molecular weight excluding hydrogens is 262 g/mol. The number of nitrogens with zero attached hydrogens (tertiary/aromatic N) is 2. The van der Waals surface area contributed by atoms with E-state index in [0.717, 1.165) is 5.69 Å². The van der Waals surface area contributed by atoms with Gasteiger partial charge in [0.05, 0.1) is 26.6 Å². The number of benzene rings is 1. The predicted molar refractivity (Wildman–Crippen MR) is 71.8 cm³/mol. The van der Waals surface area contributed by atoms with Crippen molar-refractivity contribution in [1.82, 2.24) is 9.97 Å². The second kappa shape index (κ2) is 5.87. The van der Waals surface area contributed by atoms with Gasteiger partial charge in [0.1, 0.15) is 5.82 Å². The second-order valence-electron chi connectivity index (χ2n) is 3.79. The Balaban J connectivity index is 2.19. The highest BCUT2D eigenvalue weighted by atomic mass is 16.5. The first-order valence-electron chi connectivity index (χ1n) is 5.68. The standard InChI is InChI=1S/C13H13N3O4/c1-19-10-4-3-8(5-11(10)20-2)16-12-7-14-9(6-15-12)13(17)18/h3-7H,1-2H3,(H,15,16)(H,17,18). The first kappa shape index (κ1) is 13.6. The van der Waals surface area contributed by atoms with Crippen LogP contribution in [0.5, 0.6) is 11.5 Å². The van der Waals surface area contributed by atoms with Gasteiger partial charge in [0, 0.05) is 11.8 Å². The van der Waals surface area contributed by atoms with E-state index in [1.54, 1.807) is 32.4 Å². The number of nitrogens with one attached hydrogen (secondary N) is 1. The summed E-state index contributed by atoms with van der Waals surface area (Å²) in [5, 5.41) is 11.7. The Morgan fingerprint density at radius 1 is 1.15 bits per heavy atom. The molecule has 104 valence electrons. The monoisotopic (exact) mass is 275 g/mol. The number of aromatic carboxylic acids is 1. The van der Waals surface area contributed by atoms with Crippen molar-refractivity contribution in [3.63, 3.8) is 0 Å². The Hall–Kier alpha value is -2.83. The Kier molecular flexibility index (Phi) is 3.99. The molecule has 7 heteroatoms. The maximum atomic E-state index is 10.7. The van der Waals surface area contributed by atoms with Gasteiger partial charge in [-0.3, -0.25) is 0 Å². The van der Waals surface area contributed by atoms with Crippen molar-refractivity contribution in [2.75, 3.05) is 19.5 Å². The Morgan fingerprint density at radius 3 is 2.45 bits per heavy atom. The molecule has 0 aliphatic rings. The lowest BCUT2D eigenvalue weighted by atomic mass is 10.2. The summed E-state index contributed by atoms with van der Waals surface area (Å²) in [5.41, 5.74) is 0.614. The average molecular weight is 275 g/mol. The molecule has 20 heavy (non-hydrogen) atoms. The lowest BCUT2D eigenvalue weighted by molar-refractivity contribution is 0.0690. The Morgan fingerprint density at radius 2 is 1.90 bits per heavy atom. The van der Waals surface area contributed by atoms with E-state index in [1.165, 1.54) is 12.4 Å². The van der Waals surface area contributed by atoms with Crippen LogP contribution in [0.4, 0.5) is 11.5 Å². The van der Waals surface area contributed by atoms with Crippen LogP contribution in [0.15, 0.2) is 30.6 Å². The number of carboxylic acids is 1. The molecule has 0 fully saturated rings. The van der Waals surface area contributed by atoms with Crippen molar-refractivity contribution in [2.24, 2.45) is 0 Å². The molecule has 0 aliphatic carbocycles. The lowest BCUT2D eigenvalue weighted by Crippen LogP contribution is -2.02. The number of hydrogen-bond acceptors (Lipinski definition) is 6. The molecule has 0 aliphatic heterocycles.